The number of nitrogens with one attached hydrogen (secondary N) is 2. The van der Waals surface area contributed by atoms with Gasteiger partial charge in [0.1, 0.15) is 23.5 Å². The molecule has 4 rings (SSSR count). The number of benzene rings is 1. The molecule has 1 unspecified atom stereocenters. The first-order valence-electron chi connectivity index (χ1n) is 12.0. The van der Waals surface area contributed by atoms with E-state index in [2.05, 4.69) is 10.6 Å². The summed E-state index contributed by atoms with van der Waals surface area (Å²) in [7, 11) is 0. The Bertz CT molecular complexity index is 1170. The Hall–Kier alpha value is -3.32. The van der Waals surface area contributed by atoms with Crippen LogP contribution in [0.2, 0.25) is 0 Å². The fourth-order valence-corrected chi connectivity index (χ4v) is 6.54. The number of nitrogens with zero attached hydrogens (tertiary/aromatic N) is 3. The van der Waals surface area contributed by atoms with Crippen LogP contribution in [0, 0.1) is 0 Å². The third-order valence-electron chi connectivity index (χ3n) is 6.76. The molecular weight excluding hydrogens is 538 g/mol. The van der Waals surface area contributed by atoms with E-state index < -0.39 is 63.9 Å². The molecule has 12 nitrogen and oxygen atoms in total. The number of imide groups is 1. The van der Waals surface area contributed by atoms with Crippen molar-refractivity contribution in [3.63, 3.8) is 0 Å². The summed E-state index contributed by atoms with van der Waals surface area (Å²) in [5, 5.41) is 4.70. The first-order chi connectivity index (χ1) is 18.0. The number of amides is 6. The van der Waals surface area contributed by atoms with E-state index in [-0.39, 0.29) is 19.2 Å². The van der Waals surface area contributed by atoms with Gasteiger partial charge in [-0.05, 0) is 26.3 Å². The van der Waals surface area contributed by atoms with Gasteiger partial charge in [0.25, 0.3) is 0 Å². The van der Waals surface area contributed by atoms with Crippen LogP contribution in [0.4, 0.5) is 4.79 Å². The van der Waals surface area contributed by atoms with E-state index in [1.54, 1.807) is 51.1 Å². The fraction of sp³-hybridized carbons (Fsp3) is 0.500. The minimum atomic E-state index is -1.26. The summed E-state index contributed by atoms with van der Waals surface area (Å²) in [5.41, 5.74) is 0.413. The molecule has 14 heteroatoms. The number of urea groups is 1. The number of esters is 1. The Kier molecular flexibility index (Phi) is 7.88. The number of piperazine rings is 1. The van der Waals surface area contributed by atoms with Crippen LogP contribution >= 0.6 is 23.4 Å². The molecule has 0 saturated carbocycles. The second kappa shape index (κ2) is 10.8. The molecule has 38 heavy (non-hydrogen) atoms. The number of thioether (sulfide) groups is 1. The standard InChI is InChI=1S/C24H28ClN5O7S/c1-4-28-10-11-29(20(34)19(28)33)23(36)27-14(13-8-6-5-7-9-13)17(31)26-15-18(32)30-16(22(35)37-12-25)24(2,3)38-21(15)30/h5-9,14-16,21H,4,10-12H2,1-3H3,(H,26,31)(H,27,36)/t14?,15-,16+,21-/m1/s1. The summed E-state index contributed by atoms with van der Waals surface area (Å²) in [5.74, 6) is -3.55. The molecule has 4 atom stereocenters. The lowest BCUT2D eigenvalue weighted by molar-refractivity contribution is -0.163. The highest BCUT2D eigenvalue weighted by atomic mass is 35.5. The first-order valence-corrected chi connectivity index (χ1v) is 13.4. The summed E-state index contributed by atoms with van der Waals surface area (Å²) >= 11 is 6.88. The summed E-state index contributed by atoms with van der Waals surface area (Å²) in [4.78, 5) is 80.2. The third kappa shape index (κ3) is 4.92. The van der Waals surface area contributed by atoms with Crippen LogP contribution in [-0.2, 0) is 28.7 Å². The summed E-state index contributed by atoms with van der Waals surface area (Å²) in [6.07, 6.45) is 0. The predicted octanol–water partition coefficient (Wildman–Crippen LogP) is 0.415. The van der Waals surface area contributed by atoms with Crippen LogP contribution < -0.4 is 10.6 Å². The van der Waals surface area contributed by atoms with E-state index in [1.165, 1.54) is 21.6 Å². The number of hydrogen-bond donors (Lipinski definition) is 2. The molecule has 3 aliphatic rings. The van der Waals surface area contributed by atoms with E-state index in [9.17, 15) is 28.8 Å². The molecular formula is C24H28ClN5O7S. The molecule has 3 heterocycles. The van der Waals surface area contributed by atoms with Crippen LogP contribution in [0.15, 0.2) is 30.3 Å². The fourth-order valence-electron chi connectivity index (χ4n) is 4.81. The monoisotopic (exact) mass is 565 g/mol. The topological polar surface area (TPSA) is 145 Å². The molecule has 6 amide bonds. The number of ether oxygens (including phenoxy) is 1. The van der Waals surface area contributed by atoms with Crippen LogP contribution in [0.3, 0.4) is 0 Å². The summed E-state index contributed by atoms with van der Waals surface area (Å²) in [6, 6.07) is 4.01. The molecule has 0 bridgehead atoms. The largest absolute Gasteiger partial charge is 0.448 e. The second-order valence-electron chi connectivity index (χ2n) is 9.45. The SMILES string of the molecule is CCN1CCN(C(=O)NC(C(=O)N[C@@H]2C(=O)N3[C@@H]2SC(C)(C)[C@@H]3C(=O)OCCl)c2ccccc2)C(=O)C1=O. The zero-order valence-corrected chi connectivity index (χ0v) is 22.6. The number of hydrogen-bond acceptors (Lipinski definition) is 8. The van der Waals surface area contributed by atoms with E-state index in [4.69, 9.17) is 16.3 Å². The van der Waals surface area contributed by atoms with Crippen molar-refractivity contribution in [2.24, 2.45) is 0 Å². The Morgan fingerprint density at radius 1 is 1.13 bits per heavy atom. The highest BCUT2D eigenvalue weighted by molar-refractivity contribution is 8.01. The number of alkyl halides is 1. The van der Waals surface area contributed by atoms with Crippen LogP contribution in [0.25, 0.3) is 0 Å². The average Bonchev–Trinajstić information content (AvgIpc) is 3.15. The summed E-state index contributed by atoms with van der Waals surface area (Å²) < 4.78 is 4.24. The van der Waals surface area contributed by atoms with Crippen molar-refractivity contribution in [2.45, 2.75) is 49.0 Å². The van der Waals surface area contributed by atoms with Gasteiger partial charge in [-0.3, -0.25) is 24.1 Å². The predicted molar refractivity (Wildman–Crippen MR) is 137 cm³/mol. The van der Waals surface area contributed by atoms with Gasteiger partial charge in [0.05, 0.1) is 0 Å². The first kappa shape index (κ1) is 27.7. The molecule has 0 radical (unpaired) electrons. The van der Waals surface area contributed by atoms with E-state index in [0.29, 0.717) is 12.1 Å². The maximum atomic E-state index is 13.4. The minimum Gasteiger partial charge on any atom is -0.448 e. The van der Waals surface area contributed by atoms with Crippen molar-refractivity contribution in [3.8, 4) is 0 Å². The average molecular weight is 566 g/mol. The summed E-state index contributed by atoms with van der Waals surface area (Å²) in [6.45, 7) is 5.83. The molecule has 0 aromatic heterocycles. The Labute approximate surface area is 228 Å². The van der Waals surface area contributed by atoms with Crippen molar-refractivity contribution in [1.82, 2.24) is 25.3 Å². The van der Waals surface area contributed by atoms with Gasteiger partial charge in [-0.25, -0.2) is 9.59 Å². The van der Waals surface area contributed by atoms with Crippen LogP contribution in [0.5, 0.6) is 0 Å². The smallest absolute Gasteiger partial charge is 0.331 e. The van der Waals surface area contributed by atoms with Crippen molar-refractivity contribution in [3.05, 3.63) is 35.9 Å². The number of likely N-dealkylation sites (N-methyl/N-ethyl adjacent to an activating group) is 1. The zero-order chi connectivity index (χ0) is 27.8. The van der Waals surface area contributed by atoms with Crippen molar-refractivity contribution in [2.75, 3.05) is 25.7 Å². The van der Waals surface area contributed by atoms with Gasteiger partial charge in [-0.15, -0.1) is 11.8 Å². The van der Waals surface area contributed by atoms with Gasteiger partial charge in [0.2, 0.25) is 11.8 Å². The molecule has 0 spiro atoms. The van der Waals surface area contributed by atoms with E-state index in [1.807, 2.05) is 0 Å². The molecule has 1 aromatic rings. The van der Waals surface area contributed by atoms with Gasteiger partial charge >= 0.3 is 23.8 Å². The molecule has 3 aliphatic heterocycles. The zero-order valence-electron chi connectivity index (χ0n) is 21.0. The van der Waals surface area contributed by atoms with Gasteiger partial charge in [0.15, 0.2) is 6.07 Å². The number of carbonyl (C=O) groups is 6. The number of rotatable bonds is 7. The number of carbonyl (C=O) groups excluding carboxylic acids is 6. The Morgan fingerprint density at radius 3 is 2.45 bits per heavy atom. The normalized spacial score (nSPS) is 24.9. The Balaban J connectivity index is 1.50. The van der Waals surface area contributed by atoms with E-state index in [0.717, 1.165) is 4.90 Å². The van der Waals surface area contributed by atoms with Gasteiger partial charge in [-0.1, -0.05) is 41.9 Å². The van der Waals surface area contributed by atoms with Crippen molar-refractivity contribution >= 4 is 59.0 Å². The van der Waals surface area contributed by atoms with Crippen molar-refractivity contribution in [1.29, 1.82) is 0 Å². The second-order valence-corrected chi connectivity index (χ2v) is 11.4. The highest BCUT2D eigenvalue weighted by Crippen LogP contribution is 2.51. The third-order valence-corrected chi connectivity index (χ3v) is 8.44. The highest BCUT2D eigenvalue weighted by Gasteiger charge is 2.64. The molecule has 2 N–H and O–H groups in total. The number of halogens is 1. The lowest BCUT2D eigenvalue weighted by atomic mass is 9.95. The maximum Gasteiger partial charge on any atom is 0.331 e. The number of β-lactam (4-membered cyclic amide) rings is 1. The van der Waals surface area contributed by atoms with Gasteiger partial charge < -0.3 is 25.2 Å². The quantitative estimate of drug-likeness (QED) is 0.209. The van der Waals surface area contributed by atoms with Crippen LogP contribution in [0.1, 0.15) is 32.4 Å². The van der Waals surface area contributed by atoms with E-state index >= 15 is 0 Å². The van der Waals surface area contributed by atoms with Crippen LogP contribution in [-0.4, -0.2) is 98.2 Å². The Morgan fingerprint density at radius 2 is 1.82 bits per heavy atom. The molecule has 1 aromatic carbocycles. The molecule has 0 aliphatic carbocycles. The van der Waals surface area contributed by atoms with Gasteiger partial charge in [0, 0.05) is 24.4 Å². The molecule has 3 saturated heterocycles. The number of fused-ring (bicyclic) bond motifs is 1. The van der Waals surface area contributed by atoms with Gasteiger partial charge in [-0.2, -0.15) is 0 Å². The molecule has 204 valence electrons. The lowest BCUT2D eigenvalue weighted by Gasteiger charge is -2.44. The van der Waals surface area contributed by atoms with Crippen molar-refractivity contribution < 1.29 is 33.5 Å². The lowest BCUT2D eigenvalue weighted by Crippen LogP contribution is -2.71. The maximum absolute atomic E-state index is 13.4. The minimum absolute atomic E-state index is 0.0168. The molecule has 3 fully saturated rings.